The lowest BCUT2D eigenvalue weighted by Gasteiger charge is -2.23. The molecule has 1 aromatic heterocycles. The Hall–Kier alpha value is -3.79. The van der Waals surface area contributed by atoms with E-state index in [9.17, 15) is 13.2 Å². The highest BCUT2D eigenvalue weighted by Gasteiger charge is 2.27. The molecule has 0 unspecified atom stereocenters. The van der Waals surface area contributed by atoms with Crippen LogP contribution >= 0.6 is 23.2 Å². The van der Waals surface area contributed by atoms with Gasteiger partial charge in [0.2, 0.25) is 0 Å². The molecule has 4 aromatic rings. The molecule has 0 aliphatic carbocycles. The third-order valence-corrected chi connectivity index (χ3v) is 7.52. The second-order valence-electron chi connectivity index (χ2n) is 7.64. The molecule has 1 heterocycles. The van der Waals surface area contributed by atoms with Gasteiger partial charge in [-0.05, 0) is 66.7 Å². The van der Waals surface area contributed by atoms with Crippen LogP contribution < -0.4 is 14.5 Å². The van der Waals surface area contributed by atoms with Crippen molar-refractivity contribution in [2.45, 2.75) is 4.90 Å². The molecule has 0 spiro atoms. The second-order valence-corrected chi connectivity index (χ2v) is 10.3. The summed E-state index contributed by atoms with van der Waals surface area (Å²) in [6, 6.07) is 22.6. The number of anilines is 1. The summed E-state index contributed by atoms with van der Waals surface area (Å²) in [5, 5.41) is 4.83. The number of methoxy groups -OCH3 is 1. The minimum Gasteiger partial charge on any atom is -0.497 e. The first-order valence-corrected chi connectivity index (χ1v) is 13.1. The van der Waals surface area contributed by atoms with Crippen LogP contribution in [-0.2, 0) is 14.8 Å². The molecule has 0 saturated carbocycles. The Morgan fingerprint density at radius 1 is 1.03 bits per heavy atom. The molecule has 1 N–H and O–H groups in total. The largest absolute Gasteiger partial charge is 0.497 e. The van der Waals surface area contributed by atoms with Crippen molar-refractivity contribution in [1.82, 2.24) is 5.43 Å². The van der Waals surface area contributed by atoms with E-state index in [4.69, 9.17) is 32.4 Å². The molecule has 11 heteroatoms. The van der Waals surface area contributed by atoms with Crippen molar-refractivity contribution in [1.29, 1.82) is 0 Å². The zero-order chi connectivity index (χ0) is 26.4. The molecule has 0 fully saturated rings. The lowest BCUT2D eigenvalue weighted by Crippen LogP contribution is -2.39. The highest BCUT2D eigenvalue weighted by Crippen LogP contribution is 2.31. The number of hydrogen-bond donors (Lipinski definition) is 1. The number of hydrazone groups is 1. The van der Waals surface area contributed by atoms with E-state index >= 15 is 0 Å². The van der Waals surface area contributed by atoms with Gasteiger partial charge >= 0.3 is 0 Å². The van der Waals surface area contributed by atoms with E-state index in [1.807, 2.05) is 0 Å². The number of para-hydroxylation sites is 1. The maximum Gasteiger partial charge on any atom is 0.264 e. The molecule has 37 heavy (non-hydrogen) atoms. The molecule has 1 amide bonds. The number of nitrogens with zero attached hydrogens (tertiary/aromatic N) is 2. The van der Waals surface area contributed by atoms with Crippen molar-refractivity contribution in [3.05, 3.63) is 101 Å². The van der Waals surface area contributed by atoms with Crippen LogP contribution in [0.25, 0.3) is 11.3 Å². The maximum absolute atomic E-state index is 13.4. The monoisotopic (exact) mass is 557 g/mol. The minimum absolute atomic E-state index is 0.0115. The minimum atomic E-state index is -4.06. The standard InChI is InChI=1S/C26H21Cl2N3O5S/c1-35-20-8-11-22(12-9-20)37(33,34)31(19-5-3-2-4-6-19)17-26(32)30-29-16-21-10-14-25(36-21)23-13-7-18(27)15-24(23)28/h2-16H,17H2,1H3,(H,30,32)/b29-16-. The number of carbonyl (C=O) groups excluding carboxylic acids is 1. The van der Waals surface area contributed by atoms with Crippen molar-refractivity contribution in [3.8, 4) is 17.1 Å². The summed E-state index contributed by atoms with van der Waals surface area (Å²) >= 11 is 12.2. The lowest BCUT2D eigenvalue weighted by molar-refractivity contribution is -0.119. The Bertz CT molecular complexity index is 1520. The van der Waals surface area contributed by atoms with Crippen LogP contribution in [-0.4, -0.2) is 34.2 Å². The third kappa shape index (κ3) is 6.32. The van der Waals surface area contributed by atoms with Gasteiger partial charge in [-0.25, -0.2) is 13.8 Å². The molecule has 3 aromatic carbocycles. The number of carbonyl (C=O) groups is 1. The Labute approximate surface area is 224 Å². The highest BCUT2D eigenvalue weighted by molar-refractivity contribution is 7.92. The molecular weight excluding hydrogens is 537 g/mol. The van der Waals surface area contributed by atoms with Crippen molar-refractivity contribution in [2.24, 2.45) is 5.10 Å². The number of furan rings is 1. The zero-order valence-electron chi connectivity index (χ0n) is 19.5. The highest BCUT2D eigenvalue weighted by atomic mass is 35.5. The average molecular weight is 558 g/mol. The summed E-state index contributed by atoms with van der Waals surface area (Å²) in [5.41, 5.74) is 3.32. The van der Waals surface area contributed by atoms with Crippen molar-refractivity contribution in [2.75, 3.05) is 18.0 Å². The summed E-state index contributed by atoms with van der Waals surface area (Å²) < 4.78 is 38.6. The van der Waals surface area contributed by atoms with Gasteiger partial charge in [0.1, 0.15) is 23.8 Å². The van der Waals surface area contributed by atoms with Gasteiger partial charge in [0.05, 0.1) is 28.9 Å². The molecule has 0 radical (unpaired) electrons. The van der Waals surface area contributed by atoms with E-state index < -0.39 is 22.5 Å². The first-order valence-electron chi connectivity index (χ1n) is 10.9. The van der Waals surface area contributed by atoms with Gasteiger partial charge in [-0.1, -0.05) is 41.4 Å². The maximum atomic E-state index is 13.4. The van der Waals surface area contributed by atoms with E-state index in [1.165, 1.54) is 37.6 Å². The first-order chi connectivity index (χ1) is 17.8. The smallest absolute Gasteiger partial charge is 0.264 e. The summed E-state index contributed by atoms with van der Waals surface area (Å²) in [4.78, 5) is 12.7. The molecule has 8 nitrogen and oxygen atoms in total. The quantitative estimate of drug-likeness (QED) is 0.213. The predicted octanol–water partition coefficient (Wildman–Crippen LogP) is 5.61. The van der Waals surface area contributed by atoms with E-state index in [1.54, 1.807) is 60.7 Å². The van der Waals surface area contributed by atoms with E-state index in [0.717, 1.165) is 4.31 Å². The Morgan fingerprint density at radius 2 is 1.76 bits per heavy atom. The molecule has 0 atom stereocenters. The summed E-state index contributed by atoms with van der Waals surface area (Å²) in [5.74, 6) is 0.712. The predicted molar refractivity (Wildman–Crippen MR) is 144 cm³/mol. The average Bonchev–Trinajstić information content (AvgIpc) is 3.36. The van der Waals surface area contributed by atoms with E-state index in [0.29, 0.717) is 38.6 Å². The van der Waals surface area contributed by atoms with Crippen LogP contribution in [0.15, 0.2) is 99.3 Å². The Balaban J connectivity index is 1.48. The molecule has 0 aliphatic heterocycles. The van der Waals surface area contributed by atoms with Gasteiger partial charge in [0.25, 0.3) is 15.9 Å². The molecule has 0 bridgehead atoms. The number of rotatable bonds is 9. The van der Waals surface area contributed by atoms with Crippen LogP contribution in [0.4, 0.5) is 5.69 Å². The fourth-order valence-electron chi connectivity index (χ4n) is 3.37. The van der Waals surface area contributed by atoms with Crippen molar-refractivity contribution < 1.29 is 22.4 Å². The SMILES string of the molecule is COc1ccc(S(=O)(=O)N(CC(=O)N/N=C\c2ccc(-c3ccc(Cl)cc3Cl)o2)c2ccccc2)cc1. The van der Waals surface area contributed by atoms with Gasteiger partial charge < -0.3 is 9.15 Å². The Kier molecular flexibility index (Phi) is 8.17. The van der Waals surface area contributed by atoms with E-state index in [-0.39, 0.29) is 4.90 Å². The van der Waals surface area contributed by atoms with Gasteiger partial charge in [0, 0.05) is 10.6 Å². The van der Waals surface area contributed by atoms with Crippen LogP contribution in [0.2, 0.25) is 10.0 Å². The van der Waals surface area contributed by atoms with Crippen molar-refractivity contribution >= 4 is 51.0 Å². The third-order valence-electron chi connectivity index (χ3n) is 5.18. The summed E-state index contributed by atoms with van der Waals surface area (Å²) in [6.45, 7) is -0.500. The molecular formula is C26H21Cl2N3O5S. The number of ether oxygens (including phenoxy) is 1. The van der Waals surface area contributed by atoms with Gasteiger partial charge in [-0.2, -0.15) is 5.10 Å². The fraction of sp³-hybridized carbons (Fsp3) is 0.0769. The molecule has 0 saturated heterocycles. The fourth-order valence-corrected chi connectivity index (χ4v) is 5.30. The second kappa shape index (κ2) is 11.5. The summed E-state index contributed by atoms with van der Waals surface area (Å²) in [6.07, 6.45) is 1.30. The number of amides is 1. The van der Waals surface area contributed by atoms with Crippen molar-refractivity contribution in [3.63, 3.8) is 0 Å². The number of sulfonamides is 1. The first kappa shape index (κ1) is 26.3. The van der Waals surface area contributed by atoms with Gasteiger partial charge in [-0.3, -0.25) is 9.10 Å². The Morgan fingerprint density at radius 3 is 2.43 bits per heavy atom. The topological polar surface area (TPSA) is 101 Å². The number of halogens is 2. The number of hydrogen-bond acceptors (Lipinski definition) is 6. The van der Waals surface area contributed by atoms with Crippen LogP contribution in [0.3, 0.4) is 0 Å². The molecule has 0 aliphatic rings. The molecule has 4 rings (SSSR count). The van der Waals surface area contributed by atoms with Gasteiger partial charge in [-0.15, -0.1) is 0 Å². The lowest BCUT2D eigenvalue weighted by atomic mass is 10.2. The zero-order valence-corrected chi connectivity index (χ0v) is 21.8. The number of nitrogens with one attached hydrogen (secondary N) is 1. The normalized spacial score (nSPS) is 11.4. The van der Waals surface area contributed by atoms with Gasteiger partial charge in [0.15, 0.2) is 0 Å². The number of benzene rings is 3. The van der Waals surface area contributed by atoms with Crippen LogP contribution in [0.5, 0.6) is 5.75 Å². The van der Waals surface area contributed by atoms with Crippen LogP contribution in [0, 0.1) is 0 Å². The molecule has 190 valence electrons. The van der Waals surface area contributed by atoms with Crippen LogP contribution in [0.1, 0.15) is 5.76 Å². The summed E-state index contributed by atoms with van der Waals surface area (Å²) in [7, 11) is -2.57. The van der Waals surface area contributed by atoms with E-state index in [2.05, 4.69) is 10.5 Å².